The fraction of sp³-hybridized carbons (Fsp3) is 0.455. The van der Waals surface area contributed by atoms with Crippen LogP contribution in [0.1, 0.15) is 13.8 Å². The minimum atomic E-state index is -4.00. The maximum absolute atomic E-state index is 11.6. The molecule has 1 rings (SSSR count). The number of rotatable bonds is 6. The predicted molar refractivity (Wildman–Crippen MR) is 82.3 cm³/mol. The normalized spacial score (nSPS) is 12.7. The van der Waals surface area contributed by atoms with Gasteiger partial charge in [-0.3, -0.25) is 0 Å². The zero-order chi connectivity index (χ0) is 16.4. The van der Waals surface area contributed by atoms with E-state index in [1.807, 2.05) is 0 Å². The van der Waals surface area contributed by atoms with E-state index in [9.17, 15) is 16.8 Å². The highest BCUT2D eigenvalue weighted by Gasteiger charge is 2.20. The van der Waals surface area contributed by atoms with Gasteiger partial charge in [0.25, 0.3) is 0 Å². The van der Waals surface area contributed by atoms with Crippen LogP contribution in [-0.4, -0.2) is 34.4 Å². The van der Waals surface area contributed by atoms with Gasteiger partial charge in [-0.25, -0.2) is 22.0 Å². The fourth-order valence-electron chi connectivity index (χ4n) is 1.35. The van der Waals surface area contributed by atoms with Crippen LogP contribution in [0.3, 0.4) is 0 Å². The Morgan fingerprint density at radius 2 is 1.71 bits per heavy atom. The van der Waals surface area contributed by atoms with Crippen molar-refractivity contribution in [3.63, 3.8) is 0 Å². The number of sulfonamides is 1. The Bertz CT molecular complexity index is 729. The highest BCUT2D eigenvalue weighted by molar-refractivity contribution is 7.92. The van der Waals surface area contributed by atoms with E-state index in [1.165, 1.54) is 6.07 Å². The molecule has 0 radical (unpaired) electrons. The molecule has 120 valence electrons. The molecule has 1 aromatic carbocycles. The monoisotopic (exact) mass is 375 g/mol. The third kappa shape index (κ3) is 4.72. The van der Waals surface area contributed by atoms with Gasteiger partial charge in [0, 0.05) is 0 Å². The second kappa shape index (κ2) is 6.70. The lowest BCUT2D eigenvalue weighted by Crippen LogP contribution is -2.22. The third-order valence-electron chi connectivity index (χ3n) is 2.66. The van der Waals surface area contributed by atoms with Crippen LogP contribution < -0.4 is 9.88 Å². The van der Waals surface area contributed by atoms with Gasteiger partial charge in [-0.05, 0) is 26.0 Å². The van der Waals surface area contributed by atoms with Crippen molar-refractivity contribution >= 4 is 43.1 Å². The molecule has 0 fully saturated rings. The topological polar surface area (TPSA) is 104 Å². The summed E-state index contributed by atoms with van der Waals surface area (Å²) < 4.78 is 51.0. The first kappa shape index (κ1) is 18.5. The van der Waals surface area contributed by atoms with E-state index < -0.39 is 25.1 Å². The Labute approximate surface area is 134 Å². The molecule has 0 aromatic heterocycles. The first-order valence-electron chi connectivity index (χ1n) is 5.82. The number of nitrogens with two attached hydrogens (primary N) is 1. The molecule has 10 heteroatoms. The van der Waals surface area contributed by atoms with Gasteiger partial charge in [0.05, 0.1) is 16.0 Å². The molecule has 0 saturated heterocycles. The second-order valence-electron chi connectivity index (χ2n) is 4.50. The Kier molecular flexibility index (Phi) is 5.91. The number of primary sulfonamides is 1. The highest BCUT2D eigenvalue weighted by Crippen LogP contribution is 2.36. The molecule has 0 saturated carbocycles. The van der Waals surface area contributed by atoms with Crippen molar-refractivity contribution < 1.29 is 21.6 Å². The Morgan fingerprint density at radius 3 is 2.19 bits per heavy atom. The summed E-state index contributed by atoms with van der Waals surface area (Å²) in [6.45, 7) is 3.02. The van der Waals surface area contributed by atoms with Gasteiger partial charge >= 0.3 is 0 Å². The molecule has 0 aliphatic carbocycles. The quantitative estimate of drug-likeness (QED) is 0.816. The molecule has 0 aliphatic rings. The third-order valence-corrected chi connectivity index (χ3v) is 6.76. The smallest absolute Gasteiger partial charge is 0.239 e. The molecule has 0 amide bonds. The zero-order valence-electron chi connectivity index (χ0n) is 11.3. The first-order chi connectivity index (χ1) is 9.47. The summed E-state index contributed by atoms with van der Waals surface area (Å²) in [5, 5.41) is 4.07. The first-order valence-corrected chi connectivity index (χ1v) is 9.83. The van der Waals surface area contributed by atoms with Crippen LogP contribution in [0.5, 0.6) is 5.75 Å². The summed E-state index contributed by atoms with van der Waals surface area (Å²) in [4.78, 5) is -0.323. The van der Waals surface area contributed by atoms with E-state index in [0.29, 0.717) is 0 Å². The van der Waals surface area contributed by atoms with Crippen molar-refractivity contribution in [2.45, 2.75) is 24.0 Å². The van der Waals surface area contributed by atoms with Gasteiger partial charge in [0.1, 0.15) is 22.3 Å². The van der Waals surface area contributed by atoms with Gasteiger partial charge < -0.3 is 4.74 Å². The minimum absolute atomic E-state index is 0.0908. The summed E-state index contributed by atoms with van der Waals surface area (Å²) in [5.74, 6) is -0.0942. The molecular formula is C11H15Cl2NO5S2. The van der Waals surface area contributed by atoms with Crippen molar-refractivity contribution in [2.75, 3.05) is 12.4 Å². The van der Waals surface area contributed by atoms with E-state index in [1.54, 1.807) is 13.8 Å². The SMILES string of the molecule is CC(C)S(=O)(=O)CCOc1ccc(S(N)(=O)=O)c(Cl)c1Cl. The molecule has 0 spiro atoms. The lowest BCUT2D eigenvalue weighted by molar-refractivity contribution is 0.340. The summed E-state index contributed by atoms with van der Waals surface area (Å²) in [7, 11) is -7.24. The van der Waals surface area contributed by atoms with Crippen molar-refractivity contribution in [1.29, 1.82) is 0 Å². The molecule has 0 unspecified atom stereocenters. The maximum atomic E-state index is 11.6. The van der Waals surface area contributed by atoms with Crippen LogP contribution in [-0.2, 0) is 19.9 Å². The van der Waals surface area contributed by atoms with Gasteiger partial charge in [0.2, 0.25) is 10.0 Å². The number of benzene rings is 1. The number of halogens is 2. The molecule has 1 aromatic rings. The molecule has 21 heavy (non-hydrogen) atoms. The van der Waals surface area contributed by atoms with E-state index in [2.05, 4.69) is 0 Å². The fourth-order valence-corrected chi connectivity index (χ4v) is 3.50. The number of hydrogen-bond donors (Lipinski definition) is 1. The molecule has 0 heterocycles. The maximum Gasteiger partial charge on any atom is 0.239 e. The predicted octanol–water partition coefficient (Wildman–Crippen LogP) is 1.84. The number of sulfone groups is 1. The molecular weight excluding hydrogens is 361 g/mol. The lowest BCUT2D eigenvalue weighted by Gasteiger charge is -2.12. The summed E-state index contributed by atoms with van der Waals surface area (Å²) in [6, 6.07) is 2.42. The second-order valence-corrected chi connectivity index (χ2v) is 9.46. The van der Waals surface area contributed by atoms with Crippen molar-refractivity contribution in [3.8, 4) is 5.75 Å². The zero-order valence-corrected chi connectivity index (χ0v) is 14.5. The van der Waals surface area contributed by atoms with Crippen LogP contribution in [0.2, 0.25) is 10.0 Å². The standard InChI is InChI=1S/C11H15Cl2NO5S2/c1-7(2)20(15,16)6-5-19-8-3-4-9(21(14,17)18)11(13)10(8)12/h3-4,7H,5-6H2,1-2H3,(H2,14,17,18). The number of ether oxygens (including phenoxy) is 1. The number of hydrogen-bond acceptors (Lipinski definition) is 5. The average molecular weight is 376 g/mol. The van der Waals surface area contributed by atoms with Crippen LogP contribution in [0.15, 0.2) is 17.0 Å². The van der Waals surface area contributed by atoms with E-state index in [4.69, 9.17) is 33.1 Å². The largest absolute Gasteiger partial charge is 0.491 e. The molecule has 0 atom stereocenters. The molecule has 6 nitrogen and oxygen atoms in total. The van der Waals surface area contributed by atoms with Crippen LogP contribution in [0.25, 0.3) is 0 Å². The van der Waals surface area contributed by atoms with E-state index in [0.717, 1.165) is 6.07 Å². The van der Waals surface area contributed by atoms with Crippen molar-refractivity contribution in [2.24, 2.45) is 5.14 Å². The highest BCUT2D eigenvalue weighted by atomic mass is 35.5. The Balaban J connectivity index is 2.91. The average Bonchev–Trinajstić information content (AvgIpc) is 2.32. The van der Waals surface area contributed by atoms with Crippen LogP contribution in [0.4, 0.5) is 0 Å². The summed E-state index contributed by atoms with van der Waals surface area (Å²) in [5.41, 5.74) is 0. The Hall–Kier alpha value is -0.540. The summed E-state index contributed by atoms with van der Waals surface area (Å²) in [6.07, 6.45) is 0. The lowest BCUT2D eigenvalue weighted by atomic mass is 10.3. The molecule has 0 bridgehead atoms. The molecule has 0 aliphatic heterocycles. The molecule has 2 N–H and O–H groups in total. The van der Waals surface area contributed by atoms with Gasteiger partial charge in [-0.15, -0.1) is 0 Å². The van der Waals surface area contributed by atoms with Crippen molar-refractivity contribution in [1.82, 2.24) is 0 Å². The van der Waals surface area contributed by atoms with Gasteiger partial charge in [0.15, 0.2) is 9.84 Å². The summed E-state index contributed by atoms with van der Waals surface area (Å²) >= 11 is 11.7. The Morgan fingerprint density at radius 1 is 1.14 bits per heavy atom. The van der Waals surface area contributed by atoms with Gasteiger partial charge in [-0.1, -0.05) is 23.2 Å². The van der Waals surface area contributed by atoms with Gasteiger partial charge in [-0.2, -0.15) is 0 Å². The van der Waals surface area contributed by atoms with E-state index in [-0.39, 0.29) is 33.0 Å². The van der Waals surface area contributed by atoms with Crippen LogP contribution >= 0.6 is 23.2 Å². The van der Waals surface area contributed by atoms with Crippen molar-refractivity contribution in [3.05, 3.63) is 22.2 Å². The minimum Gasteiger partial charge on any atom is -0.491 e. The van der Waals surface area contributed by atoms with Crippen LogP contribution in [0, 0.1) is 0 Å². The van der Waals surface area contributed by atoms with E-state index >= 15 is 0 Å².